The summed E-state index contributed by atoms with van der Waals surface area (Å²) in [5.41, 5.74) is 1.60. The predicted molar refractivity (Wildman–Crippen MR) is 113 cm³/mol. The molecular formula is C20H23N4O3S+. The van der Waals surface area contributed by atoms with Gasteiger partial charge in [0.15, 0.2) is 17.4 Å². The average Bonchev–Trinajstić information content (AvgIpc) is 2.67. The summed E-state index contributed by atoms with van der Waals surface area (Å²) in [6.07, 6.45) is 5.18. The highest BCUT2D eigenvalue weighted by atomic mass is 32.1. The molecule has 146 valence electrons. The molecular weight excluding hydrogens is 376 g/mol. The van der Waals surface area contributed by atoms with E-state index in [4.69, 9.17) is 12.2 Å². The summed E-state index contributed by atoms with van der Waals surface area (Å²) < 4.78 is 1.69. The van der Waals surface area contributed by atoms with E-state index in [0.717, 1.165) is 5.69 Å². The van der Waals surface area contributed by atoms with Crippen LogP contribution < -0.4 is 14.8 Å². The lowest BCUT2D eigenvalue weighted by atomic mass is 10.0. The molecule has 2 aromatic rings. The lowest BCUT2D eigenvalue weighted by molar-refractivity contribution is -0.692. The summed E-state index contributed by atoms with van der Waals surface area (Å²) in [5, 5.41) is 14.2. The number of hydrogen-bond donors (Lipinski definition) is 1. The second-order valence-corrected chi connectivity index (χ2v) is 6.90. The molecule has 8 heteroatoms. The zero-order valence-corrected chi connectivity index (χ0v) is 16.9. The van der Waals surface area contributed by atoms with Gasteiger partial charge in [-0.25, -0.2) is 0 Å². The van der Waals surface area contributed by atoms with Crippen LogP contribution in [0.1, 0.15) is 22.0 Å². The molecule has 0 bridgehead atoms. The van der Waals surface area contributed by atoms with Crippen molar-refractivity contribution in [2.24, 2.45) is 0 Å². The summed E-state index contributed by atoms with van der Waals surface area (Å²) in [7, 11) is 3.84. The van der Waals surface area contributed by atoms with Crippen LogP contribution in [0.2, 0.25) is 0 Å². The number of carbonyl (C=O) groups excluding carboxylic acids is 1. The second kappa shape index (κ2) is 9.18. The number of nitrogens with one attached hydrogen (secondary N) is 1. The van der Waals surface area contributed by atoms with E-state index in [2.05, 4.69) is 11.9 Å². The van der Waals surface area contributed by atoms with Crippen LogP contribution in [0.15, 0.2) is 55.4 Å². The van der Waals surface area contributed by atoms with Gasteiger partial charge < -0.3 is 10.2 Å². The molecule has 28 heavy (non-hydrogen) atoms. The number of aryl methyl sites for hydroxylation is 1. The molecule has 0 radical (unpaired) electrons. The van der Waals surface area contributed by atoms with Gasteiger partial charge in [0.25, 0.3) is 11.7 Å². The molecule has 0 spiro atoms. The first kappa shape index (κ1) is 21.2. The number of aromatic nitrogens is 1. The zero-order chi connectivity index (χ0) is 20.8. The van der Waals surface area contributed by atoms with Crippen LogP contribution in [-0.2, 0) is 0 Å². The Hall–Kier alpha value is -3.13. The minimum atomic E-state index is -0.825. The fourth-order valence-electron chi connectivity index (χ4n) is 2.68. The molecule has 0 aliphatic carbocycles. The van der Waals surface area contributed by atoms with Crippen molar-refractivity contribution in [3.8, 4) is 0 Å². The van der Waals surface area contributed by atoms with Gasteiger partial charge in [0.2, 0.25) is 5.78 Å². The van der Waals surface area contributed by atoms with Gasteiger partial charge in [-0.1, -0.05) is 30.4 Å². The maximum atomic E-state index is 13.2. The van der Waals surface area contributed by atoms with Gasteiger partial charge in [-0.2, -0.15) is 4.57 Å². The van der Waals surface area contributed by atoms with Crippen molar-refractivity contribution in [2.75, 3.05) is 25.5 Å². The van der Waals surface area contributed by atoms with Gasteiger partial charge in [-0.05, 0) is 6.92 Å². The minimum Gasteiger partial charge on any atom is -0.377 e. The molecule has 0 saturated carbocycles. The molecule has 1 atom stereocenters. The van der Waals surface area contributed by atoms with E-state index in [1.807, 2.05) is 31.1 Å². The normalized spacial score (nSPS) is 11.4. The van der Waals surface area contributed by atoms with Crippen molar-refractivity contribution in [2.45, 2.75) is 13.0 Å². The molecule has 1 heterocycles. The maximum Gasteiger partial charge on any atom is 0.273 e. The van der Waals surface area contributed by atoms with Crippen LogP contribution in [-0.4, -0.2) is 36.3 Å². The van der Waals surface area contributed by atoms with Crippen LogP contribution in [0.25, 0.3) is 0 Å². The molecule has 2 rings (SSSR count). The number of rotatable bonds is 8. The Morgan fingerprint density at radius 3 is 2.54 bits per heavy atom. The van der Waals surface area contributed by atoms with Crippen molar-refractivity contribution in [3.05, 3.63) is 76.6 Å². The van der Waals surface area contributed by atoms with Gasteiger partial charge in [-0.3, -0.25) is 14.9 Å². The van der Waals surface area contributed by atoms with E-state index in [0.29, 0.717) is 17.1 Å². The van der Waals surface area contributed by atoms with E-state index < -0.39 is 11.0 Å². The molecule has 0 unspecified atom stereocenters. The first-order chi connectivity index (χ1) is 13.3. The standard InChI is InChI=1S/C20H22N4O3S/c1-5-10-21-20(28)18(23-11-8-16(9-12-23)22(3)4)19(25)15-7-6-14(2)17(13-15)24(26)27/h5-9,11-13,18H,1,10H2,2-4H3/p+1/t18-/m0/s1. The van der Waals surface area contributed by atoms with Gasteiger partial charge in [0, 0.05) is 55.7 Å². The molecule has 0 aliphatic heterocycles. The first-order valence-corrected chi connectivity index (χ1v) is 9.03. The lowest BCUT2D eigenvalue weighted by Crippen LogP contribution is -2.51. The Morgan fingerprint density at radius 2 is 2.00 bits per heavy atom. The van der Waals surface area contributed by atoms with E-state index in [1.165, 1.54) is 6.07 Å². The topological polar surface area (TPSA) is 79.4 Å². The number of nitro groups is 1. The molecule has 1 N–H and O–H groups in total. The van der Waals surface area contributed by atoms with Crippen molar-refractivity contribution in [1.29, 1.82) is 0 Å². The molecule has 0 saturated heterocycles. The third kappa shape index (κ3) is 4.77. The Morgan fingerprint density at radius 1 is 1.36 bits per heavy atom. The number of anilines is 1. The number of nitrogens with zero attached hydrogens (tertiary/aromatic N) is 3. The third-order valence-electron chi connectivity index (χ3n) is 4.26. The zero-order valence-electron chi connectivity index (χ0n) is 16.1. The van der Waals surface area contributed by atoms with Crippen LogP contribution >= 0.6 is 12.2 Å². The number of thiocarbonyl (C=S) groups is 1. The van der Waals surface area contributed by atoms with Gasteiger partial charge in [0.1, 0.15) is 0 Å². The first-order valence-electron chi connectivity index (χ1n) is 8.62. The molecule has 1 aromatic heterocycles. The van der Waals surface area contributed by atoms with Gasteiger partial charge >= 0.3 is 0 Å². The highest BCUT2D eigenvalue weighted by Gasteiger charge is 2.34. The minimum absolute atomic E-state index is 0.0949. The molecule has 0 amide bonds. The Kier molecular flexibility index (Phi) is 6.94. The van der Waals surface area contributed by atoms with E-state index in [9.17, 15) is 14.9 Å². The quantitative estimate of drug-likeness (QED) is 0.184. The Bertz CT molecular complexity index is 910. The summed E-state index contributed by atoms with van der Waals surface area (Å²) in [6, 6.07) is 7.37. The molecule has 0 fully saturated rings. The lowest BCUT2D eigenvalue weighted by Gasteiger charge is -2.16. The summed E-state index contributed by atoms with van der Waals surface area (Å²) in [5.74, 6) is -0.327. The highest BCUT2D eigenvalue weighted by molar-refractivity contribution is 7.80. The fourth-order valence-corrected chi connectivity index (χ4v) is 2.99. The van der Waals surface area contributed by atoms with E-state index >= 15 is 0 Å². The van der Waals surface area contributed by atoms with Crippen LogP contribution in [0.5, 0.6) is 0 Å². The molecule has 0 aliphatic rings. The van der Waals surface area contributed by atoms with Gasteiger partial charge in [-0.15, -0.1) is 6.58 Å². The van der Waals surface area contributed by atoms with E-state index in [1.54, 1.807) is 42.1 Å². The maximum absolute atomic E-state index is 13.2. The number of pyridine rings is 1. The summed E-state index contributed by atoms with van der Waals surface area (Å²) in [6.45, 7) is 5.69. The SMILES string of the molecule is C=CCNC(=S)[C@H](C(=O)c1ccc(C)c([N+](=O)[O-])c1)[n+]1ccc(N(C)C)cc1. The number of nitro benzene ring substituents is 1. The smallest absolute Gasteiger partial charge is 0.273 e. The van der Waals surface area contributed by atoms with Crippen molar-refractivity contribution in [1.82, 2.24) is 5.32 Å². The largest absolute Gasteiger partial charge is 0.377 e. The third-order valence-corrected chi connectivity index (χ3v) is 4.62. The summed E-state index contributed by atoms with van der Waals surface area (Å²) in [4.78, 5) is 26.3. The van der Waals surface area contributed by atoms with Crippen LogP contribution in [0.4, 0.5) is 11.4 Å². The Labute approximate surface area is 169 Å². The monoisotopic (exact) mass is 399 g/mol. The highest BCUT2D eigenvalue weighted by Crippen LogP contribution is 2.22. The van der Waals surface area contributed by atoms with Crippen LogP contribution in [0, 0.1) is 17.0 Å². The van der Waals surface area contributed by atoms with E-state index in [-0.39, 0.29) is 17.0 Å². The van der Waals surface area contributed by atoms with Crippen molar-refractivity contribution >= 4 is 34.4 Å². The number of benzene rings is 1. The molecule has 1 aromatic carbocycles. The predicted octanol–water partition coefficient (Wildman–Crippen LogP) is 2.78. The molecule has 7 nitrogen and oxygen atoms in total. The van der Waals surface area contributed by atoms with Crippen molar-refractivity contribution in [3.63, 3.8) is 0 Å². The number of ketones is 1. The summed E-state index contributed by atoms with van der Waals surface area (Å²) >= 11 is 5.45. The Balaban J connectivity index is 2.47. The van der Waals surface area contributed by atoms with Crippen molar-refractivity contribution < 1.29 is 14.3 Å². The second-order valence-electron chi connectivity index (χ2n) is 6.46. The van der Waals surface area contributed by atoms with Crippen LogP contribution in [0.3, 0.4) is 0 Å². The van der Waals surface area contributed by atoms with Gasteiger partial charge in [0.05, 0.1) is 4.92 Å². The fraction of sp³-hybridized carbons (Fsp3) is 0.250. The number of hydrogen-bond acceptors (Lipinski definition) is 5. The number of Topliss-reactive ketones (excluding diaryl/α,β-unsaturated/α-hetero) is 1. The average molecular weight is 399 g/mol. The number of carbonyl (C=O) groups is 1.